The van der Waals surface area contributed by atoms with Gasteiger partial charge in [-0.1, -0.05) is 0 Å². The first-order valence-electron chi connectivity index (χ1n) is 7.73. The van der Waals surface area contributed by atoms with E-state index in [-0.39, 0.29) is 18.8 Å². The van der Waals surface area contributed by atoms with Gasteiger partial charge in [0.15, 0.2) is 0 Å². The minimum Gasteiger partial charge on any atom is -0.395 e. The van der Waals surface area contributed by atoms with Crippen LogP contribution >= 0.6 is 0 Å². The molecule has 0 saturated carbocycles. The van der Waals surface area contributed by atoms with Crippen LogP contribution in [0.25, 0.3) is 11.0 Å². The summed E-state index contributed by atoms with van der Waals surface area (Å²) in [4.78, 5) is 6.42. The third kappa shape index (κ3) is 3.13. The number of aromatic nitrogens is 2. The van der Waals surface area contributed by atoms with Gasteiger partial charge in [0.1, 0.15) is 5.82 Å². The Labute approximate surface area is 137 Å². The normalized spacial score (nSPS) is 22.6. The maximum atomic E-state index is 12.8. The molecule has 1 aromatic heterocycles. The summed E-state index contributed by atoms with van der Waals surface area (Å²) in [6, 6.07) is 3.56. The van der Waals surface area contributed by atoms with Crippen molar-refractivity contribution in [3.63, 3.8) is 0 Å². The van der Waals surface area contributed by atoms with Crippen molar-refractivity contribution in [1.82, 2.24) is 14.5 Å². The highest BCUT2D eigenvalue weighted by molar-refractivity contribution is 5.77. The molecule has 1 aliphatic heterocycles. The standard InChI is InChI=1S/C16H20F3N3O2/c1-21-14-4-3-10(16(17,18)19)5-13(14)20-15(21)8-22-7-12(24-2)6-11(22)9-23/h3-5,11-12,23H,6-9H2,1-2H3/t11-,12+/m0/s1. The number of nitrogens with zero attached hydrogens (tertiary/aromatic N) is 3. The van der Waals surface area contributed by atoms with E-state index < -0.39 is 11.7 Å². The van der Waals surface area contributed by atoms with Crippen molar-refractivity contribution in [2.45, 2.75) is 31.3 Å². The SMILES string of the molecule is CO[C@@H]1C[C@@H](CO)N(Cc2nc3cc(C(F)(F)F)ccc3n2C)C1. The summed E-state index contributed by atoms with van der Waals surface area (Å²) in [5.41, 5.74) is 0.278. The van der Waals surface area contributed by atoms with Gasteiger partial charge >= 0.3 is 6.18 Å². The molecular weight excluding hydrogens is 323 g/mol. The number of hydrogen-bond donors (Lipinski definition) is 1. The van der Waals surface area contributed by atoms with Crippen molar-refractivity contribution in [3.05, 3.63) is 29.6 Å². The quantitative estimate of drug-likeness (QED) is 0.924. The highest BCUT2D eigenvalue weighted by atomic mass is 19.4. The largest absolute Gasteiger partial charge is 0.416 e. The fourth-order valence-corrected chi connectivity index (χ4v) is 3.24. The Hall–Kier alpha value is -1.64. The molecule has 1 fully saturated rings. The molecule has 0 radical (unpaired) electrons. The van der Waals surface area contributed by atoms with Gasteiger partial charge in [-0.05, 0) is 24.6 Å². The number of likely N-dealkylation sites (tertiary alicyclic amines) is 1. The first-order chi connectivity index (χ1) is 11.3. The number of fused-ring (bicyclic) bond motifs is 1. The molecule has 1 N–H and O–H groups in total. The maximum Gasteiger partial charge on any atom is 0.416 e. The molecule has 1 saturated heterocycles. The van der Waals surface area contributed by atoms with E-state index in [2.05, 4.69) is 9.88 Å². The molecule has 0 spiro atoms. The minimum atomic E-state index is -4.38. The summed E-state index contributed by atoms with van der Waals surface area (Å²) in [7, 11) is 3.42. The molecule has 24 heavy (non-hydrogen) atoms. The van der Waals surface area contributed by atoms with Crippen LogP contribution in [-0.2, 0) is 24.5 Å². The Kier molecular flexibility index (Phi) is 4.54. The van der Waals surface area contributed by atoms with Gasteiger partial charge in [0.2, 0.25) is 0 Å². The van der Waals surface area contributed by atoms with E-state index in [1.165, 1.54) is 6.07 Å². The molecule has 2 aromatic rings. The minimum absolute atomic E-state index is 0.0159. The maximum absolute atomic E-state index is 12.8. The summed E-state index contributed by atoms with van der Waals surface area (Å²) in [5, 5.41) is 9.51. The van der Waals surface area contributed by atoms with Crippen LogP contribution in [0.4, 0.5) is 13.2 Å². The predicted molar refractivity (Wildman–Crippen MR) is 82.4 cm³/mol. The molecule has 0 aliphatic carbocycles. The lowest BCUT2D eigenvalue weighted by Gasteiger charge is -2.21. The van der Waals surface area contributed by atoms with E-state index in [0.29, 0.717) is 29.9 Å². The Morgan fingerprint density at radius 3 is 2.75 bits per heavy atom. The summed E-state index contributed by atoms with van der Waals surface area (Å²) in [6.07, 6.45) is -3.60. The summed E-state index contributed by atoms with van der Waals surface area (Å²) in [6.45, 7) is 1.14. The molecule has 132 valence electrons. The molecule has 1 aromatic carbocycles. The van der Waals surface area contributed by atoms with Gasteiger partial charge in [-0.2, -0.15) is 13.2 Å². The zero-order valence-corrected chi connectivity index (χ0v) is 13.5. The van der Waals surface area contributed by atoms with E-state index >= 15 is 0 Å². The molecular formula is C16H20F3N3O2. The van der Waals surface area contributed by atoms with Crippen molar-refractivity contribution < 1.29 is 23.0 Å². The number of ether oxygens (including phenoxy) is 1. The van der Waals surface area contributed by atoms with E-state index in [1.807, 2.05) is 0 Å². The van der Waals surface area contributed by atoms with Crippen LogP contribution in [0.5, 0.6) is 0 Å². The number of alkyl halides is 3. The highest BCUT2D eigenvalue weighted by Gasteiger charge is 2.33. The third-order valence-corrected chi connectivity index (χ3v) is 4.68. The first-order valence-corrected chi connectivity index (χ1v) is 7.73. The number of aliphatic hydroxyl groups excluding tert-OH is 1. The molecule has 0 amide bonds. The van der Waals surface area contributed by atoms with Gasteiger partial charge in [0.05, 0.1) is 35.9 Å². The molecule has 2 atom stereocenters. The number of methoxy groups -OCH3 is 1. The number of rotatable bonds is 4. The van der Waals surface area contributed by atoms with Crippen LogP contribution in [0.15, 0.2) is 18.2 Å². The van der Waals surface area contributed by atoms with Gasteiger partial charge in [-0.25, -0.2) is 4.98 Å². The van der Waals surface area contributed by atoms with Crippen LogP contribution in [0, 0.1) is 0 Å². The lowest BCUT2D eigenvalue weighted by molar-refractivity contribution is -0.137. The fraction of sp³-hybridized carbons (Fsp3) is 0.562. The Morgan fingerprint density at radius 2 is 2.12 bits per heavy atom. The Morgan fingerprint density at radius 1 is 1.38 bits per heavy atom. The number of imidazole rings is 1. The van der Waals surface area contributed by atoms with Crippen LogP contribution in [-0.4, -0.2) is 52.0 Å². The molecule has 1 aliphatic rings. The second-order valence-corrected chi connectivity index (χ2v) is 6.15. The molecule has 8 heteroatoms. The van der Waals surface area contributed by atoms with Crippen LogP contribution in [0.1, 0.15) is 17.8 Å². The van der Waals surface area contributed by atoms with E-state index in [0.717, 1.165) is 18.6 Å². The van der Waals surface area contributed by atoms with Gasteiger partial charge in [-0.3, -0.25) is 4.90 Å². The van der Waals surface area contributed by atoms with Crippen molar-refractivity contribution in [2.24, 2.45) is 7.05 Å². The Balaban J connectivity index is 1.88. The van der Waals surface area contributed by atoms with Gasteiger partial charge in [0, 0.05) is 26.7 Å². The first kappa shape index (κ1) is 17.2. The zero-order chi connectivity index (χ0) is 17.5. The summed E-state index contributed by atoms with van der Waals surface area (Å²) < 4.78 is 45.7. The van der Waals surface area contributed by atoms with Crippen molar-refractivity contribution in [1.29, 1.82) is 0 Å². The molecule has 5 nitrogen and oxygen atoms in total. The topological polar surface area (TPSA) is 50.5 Å². The summed E-state index contributed by atoms with van der Waals surface area (Å²) >= 11 is 0. The second-order valence-electron chi connectivity index (χ2n) is 6.15. The number of halogens is 3. The zero-order valence-electron chi connectivity index (χ0n) is 13.5. The van der Waals surface area contributed by atoms with E-state index in [1.54, 1.807) is 18.7 Å². The summed E-state index contributed by atoms with van der Waals surface area (Å²) in [5.74, 6) is 0.666. The molecule has 2 heterocycles. The highest BCUT2D eigenvalue weighted by Crippen LogP contribution is 2.31. The smallest absolute Gasteiger partial charge is 0.395 e. The van der Waals surface area contributed by atoms with Crippen LogP contribution in [0.3, 0.4) is 0 Å². The van der Waals surface area contributed by atoms with Gasteiger partial charge in [0.25, 0.3) is 0 Å². The van der Waals surface area contributed by atoms with Crippen molar-refractivity contribution in [3.8, 4) is 0 Å². The van der Waals surface area contributed by atoms with Crippen LogP contribution < -0.4 is 0 Å². The van der Waals surface area contributed by atoms with Crippen molar-refractivity contribution >= 4 is 11.0 Å². The molecule has 0 unspecified atom stereocenters. The van der Waals surface area contributed by atoms with E-state index in [4.69, 9.17) is 4.74 Å². The monoisotopic (exact) mass is 343 g/mol. The predicted octanol–water partition coefficient (Wildman–Crippen LogP) is 2.17. The third-order valence-electron chi connectivity index (χ3n) is 4.68. The lowest BCUT2D eigenvalue weighted by atomic mass is 10.2. The van der Waals surface area contributed by atoms with Crippen LogP contribution in [0.2, 0.25) is 0 Å². The molecule has 3 rings (SSSR count). The lowest BCUT2D eigenvalue weighted by Crippen LogP contribution is -2.32. The van der Waals surface area contributed by atoms with E-state index in [9.17, 15) is 18.3 Å². The van der Waals surface area contributed by atoms with Gasteiger partial charge in [-0.15, -0.1) is 0 Å². The number of aryl methyl sites for hydroxylation is 1. The Bertz CT molecular complexity index is 729. The molecule has 0 bridgehead atoms. The second kappa shape index (κ2) is 6.34. The number of benzene rings is 1. The average molecular weight is 343 g/mol. The average Bonchev–Trinajstić information content (AvgIpc) is 3.08. The fourth-order valence-electron chi connectivity index (χ4n) is 3.24. The van der Waals surface area contributed by atoms with Gasteiger partial charge < -0.3 is 14.4 Å². The number of aliphatic hydroxyl groups is 1. The van der Waals surface area contributed by atoms with Crippen molar-refractivity contribution in [2.75, 3.05) is 20.3 Å². The number of hydrogen-bond acceptors (Lipinski definition) is 4.